The molecular formula is C24H31NO4. The third kappa shape index (κ3) is 6.34. The number of ether oxygens (including phenoxy) is 1. The summed E-state index contributed by atoms with van der Waals surface area (Å²) in [4.78, 5) is 26.5. The van der Waals surface area contributed by atoms with Gasteiger partial charge in [0.2, 0.25) is 0 Å². The highest BCUT2D eigenvalue weighted by Crippen LogP contribution is 2.24. The Morgan fingerprint density at radius 1 is 1.00 bits per heavy atom. The van der Waals surface area contributed by atoms with E-state index in [1.165, 1.54) is 10.5 Å². The zero-order valence-electron chi connectivity index (χ0n) is 17.7. The van der Waals surface area contributed by atoms with Crippen molar-refractivity contribution in [3.63, 3.8) is 0 Å². The molecule has 1 N–H and O–H groups in total. The summed E-state index contributed by atoms with van der Waals surface area (Å²) in [5.41, 5.74) is 1.07. The number of hydrogen-bond donors (Lipinski definition) is 1. The van der Waals surface area contributed by atoms with Gasteiger partial charge in [-0.15, -0.1) is 0 Å². The summed E-state index contributed by atoms with van der Waals surface area (Å²) >= 11 is 0. The second-order valence-corrected chi connectivity index (χ2v) is 8.16. The van der Waals surface area contributed by atoms with E-state index in [0.29, 0.717) is 12.0 Å². The maximum atomic E-state index is 13.2. The summed E-state index contributed by atoms with van der Waals surface area (Å²) in [6, 6.07) is 16.2. The first-order valence-corrected chi connectivity index (χ1v) is 9.98. The number of methoxy groups -OCH3 is 1. The van der Waals surface area contributed by atoms with E-state index in [-0.39, 0.29) is 5.78 Å². The summed E-state index contributed by atoms with van der Waals surface area (Å²) < 4.78 is 5.18. The maximum Gasteiger partial charge on any atom is 0.408 e. The second-order valence-electron chi connectivity index (χ2n) is 8.16. The lowest BCUT2D eigenvalue weighted by Gasteiger charge is -2.39. The Kier molecular flexibility index (Phi) is 7.82. The van der Waals surface area contributed by atoms with Crippen molar-refractivity contribution < 1.29 is 19.4 Å². The van der Waals surface area contributed by atoms with Crippen molar-refractivity contribution >= 4 is 11.9 Å². The van der Waals surface area contributed by atoms with Crippen LogP contribution in [-0.4, -0.2) is 40.6 Å². The number of carbonyl (C=O) groups is 2. The lowest BCUT2D eigenvalue weighted by Crippen LogP contribution is -2.54. The number of amides is 1. The molecule has 2 aromatic rings. The van der Waals surface area contributed by atoms with Crippen LogP contribution in [0.3, 0.4) is 0 Å². The number of hydrogen-bond acceptors (Lipinski definition) is 3. The zero-order valence-corrected chi connectivity index (χ0v) is 17.7. The van der Waals surface area contributed by atoms with Crippen molar-refractivity contribution in [1.29, 1.82) is 0 Å². The Morgan fingerprint density at radius 2 is 1.62 bits per heavy atom. The maximum absolute atomic E-state index is 13.2. The van der Waals surface area contributed by atoms with Crippen LogP contribution in [0.2, 0.25) is 0 Å². The number of carboxylic acid groups (broad SMARTS) is 1. The van der Waals surface area contributed by atoms with Gasteiger partial charge in [0.15, 0.2) is 5.78 Å². The lowest BCUT2D eigenvalue weighted by atomic mass is 9.93. The number of carbonyl (C=O) groups excluding carboxylic acids is 1. The van der Waals surface area contributed by atoms with Crippen molar-refractivity contribution in [3.05, 3.63) is 65.7 Å². The fraction of sp³-hybridized carbons (Fsp3) is 0.417. The van der Waals surface area contributed by atoms with Crippen LogP contribution in [0.15, 0.2) is 54.6 Å². The highest BCUT2D eigenvalue weighted by Gasteiger charge is 2.37. The van der Waals surface area contributed by atoms with E-state index >= 15 is 0 Å². The van der Waals surface area contributed by atoms with Crippen molar-refractivity contribution in [3.8, 4) is 5.75 Å². The van der Waals surface area contributed by atoms with Crippen LogP contribution < -0.4 is 4.74 Å². The molecule has 2 aromatic carbocycles. The molecule has 0 radical (unpaired) electrons. The van der Waals surface area contributed by atoms with E-state index < -0.39 is 17.7 Å². The highest BCUT2D eigenvalue weighted by atomic mass is 16.5. The van der Waals surface area contributed by atoms with Crippen molar-refractivity contribution in [1.82, 2.24) is 4.90 Å². The molecule has 1 unspecified atom stereocenters. The predicted octanol–water partition coefficient (Wildman–Crippen LogP) is 5.44. The Bertz CT molecular complexity index is 794. The third-order valence-corrected chi connectivity index (χ3v) is 4.95. The standard InChI is InChI=1S/C24H31NO4/c1-24(2,3)25(23(27)28)21(22(26)19-11-6-5-7-12-19)13-9-8-10-18-14-16-20(29-4)17-15-18/h5-7,11-12,14-17,21H,8-10,13H2,1-4H3,(H,27,28). The molecule has 0 aliphatic rings. The van der Waals surface area contributed by atoms with Gasteiger partial charge in [-0.3, -0.25) is 9.69 Å². The van der Waals surface area contributed by atoms with Crippen LogP contribution in [0.25, 0.3) is 0 Å². The fourth-order valence-electron chi connectivity index (χ4n) is 3.52. The van der Waals surface area contributed by atoms with E-state index in [1.807, 2.05) is 51.1 Å². The number of ketones is 1. The van der Waals surface area contributed by atoms with E-state index in [1.54, 1.807) is 31.4 Å². The molecule has 29 heavy (non-hydrogen) atoms. The Hall–Kier alpha value is -2.82. The average Bonchev–Trinajstić information content (AvgIpc) is 2.69. The smallest absolute Gasteiger partial charge is 0.408 e. The van der Waals surface area contributed by atoms with Gasteiger partial charge in [0.25, 0.3) is 0 Å². The van der Waals surface area contributed by atoms with Gasteiger partial charge < -0.3 is 9.84 Å². The fourth-order valence-corrected chi connectivity index (χ4v) is 3.52. The van der Waals surface area contributed by atoms with Gasteiger partial charge in [-0.1, -0.05) is 48.9 Å². The number of rotatable bonds is 9. The molecule has 1 atom stereocenters. The average molecular weight is 398 g/mol. The van der Waals surface area contributed by atoms with Gasteiger partial charge in [-0.05, 0) is 57.7 Å². The molecule has 0 bridgehead atoms. The first-order valence-electron chi connectivity index (χ1n) is 9.98. The van der Waals surface area contributed by atoms with Crippen molar-refractivity contribution in [2.24, 2.45) is 0 Å². The SMILES string of the molecule is COc1ccc(CCCCC(C(=O)c2ccccc2)N(C(=O)O)C(C)(C)C)cc1. The Labute approximate surface area is 173 Å². The van der Waals surface area contributed by atoms with Gasteiger partial charge in [0.05, 0.1) is 13.2 Å². The van der Waals surface area contributed by atoms with Gasteiger partial charge >= 0.3 is 6.09 Å². The minimum absolute atomic E-state index is 0.146. The summed E-state index contributed by atoms with van der Waals surface area (Å²) in [7, 11) is 1.64. The number of aryl methyl sites for hydroxylation is 1. The minimum Gasteiger partial charge on any atom is -0.497 e. The van der Waals surface area contributed by atoms with Crippen molar-refractivity contribution in [2.45, 2.75) is 58.0 Å². The lowest BCUT2D eigenvalue weighted by molar-refractivity contribution is 0.0526. The molecule has 0 fully saturated rings. The monoisotopic (exact) mass is 397 g/mol. The van der Waals surface area contributed by atoms with Gasteiger partial charge in [0, 0.05) is 11.1 Å². The first-order chi connectivity index (χ1) is 13.7. The molecule has 2 rings (SSSR count). The molecule has 0 aliphatic heterocycles. The van der Waals surface area contributed by atoms with Crippen molar-refractivity contribution in [2.75, 3.05) is 7.11 Å². The molecule has 156 valence electrons. The van der Waals surface area contributed by atoms with Gasteiger partial charge in [-0.2, -0.15) is 0 Å². The molecular weight excluding hydrogens is 366 g/mol. The largest absolute Gasteiger partial charge is 0.497 e. The van der Waals surface area contributed by atoms with Crippen LogP contribution in [0, 0.1) is 0 Å². The third-order valence-electron chi connectivity index (χ3n) is 4.95. The highest BCUT2D eigenvalue weighted by molar-refractivity contribution is 6.01. The molecule has 1 amide bonds. The van der Waals surface area contributed by atoms with Crippen LogP contribution in [-0.2, 0) is 6.42 Å². The summed E-state index contributed by atoms with van der Waals surface area (Å²) in [6.07, 6.45) is 1.94. The first kappa shape index (κ1) is 22.5. The molecule has 0 aliphatic carbocycles. The molecule has 0 heterocycles. The Morgan fingerprint density at radius 3 is 2.14 bits per heavy atom. The zero-order chi connectivity index (χ0) is 21.4. The van der Waals surface area contributed by atoms with Crippen LogP contribution in [0.5, 0.6) is 5.75 Å². The van der Waals surface area contributed by atoms with E-state index in [9.17, 15) is 14.7 Å². The van der Waals surface area contributed by atoms with Gasteiger partial charge in [0.1, 0.15) is 5.75 Å². The molecule has 5 nitrogen and oxygen atoms in total. The molecule has 0 saturated carbocycles. The molecule has 0 aromatic heterocycles. The Balaban J connectivity index is 2.10. The van der Waals surface area contributed by atoms with Crippen LogP contribution >= 0.6 is 0 Å². The normalized spacial score (nSPS) is 12.3. The molecule has 5 heteroatoms. The van der Waals surface area contributed by atoms with E-state index in [2.05, 4.69) is 0 Å². The molecule has 0 saturated heterocycles. The quantitative estimate of drug-likeness (QED) is 0.452. The van der Waals surface area contributed by atoms with Gasteiger partial charge in [-0.25, -0.2) is 4.79 Å². The van der Waals surface area contributed by atoms with E-state index in [4.69, 9.17) is 4.74 Å². The summed E-state index contributed by atoms with van der Waals surface area (Å²) in [5.74, 6) is 0.678. The summed E-state index contributed by atoms with van der Waals surface area (Å²) in [6.45, 7) is 5.47. The summed E-state index contributed by atoms with van der Waals surface area (Å²) in [5, 5.41) is 9.82. The topological polar surface area (TPSA) is 66.8 Å². The van der Waals surface area contributed by atoms with E-state index in [0.717, 1.165) is 25.0 Å². The number of unbranched alkanes of at least 4 members (excludes halogenated alkanes) is 1. The van der Waals surface area contributed by atoms with Crippen LogP contribution in [0.4, 0.5) is 4.79 Å². The predicted molar refractivity (Wildman–Crippen MR) is 115 cm³/mol. The number of Topliss-reactive ketones (excluding diaryl/α,β-unsaturated/α-hetero) is 1. The second kappa shape index (κ2) is 10.1. The molecule has 0 spiro atoms. The number of nitrogens with zero attached hydrogens (tertiary/aromatic N) is 1. The van der Waals surface area contributed by atoms with Crippen LogP contribution in [0.1, 0.15) is 56.0 Å². The minimum atomic E-state index is -1.07. The number of benzene rings is 2.